The lowest BCUT2D eigenvalue weighted by molar-refractivity contribution is -0.0157. The lowest BCUT2D eigenvalue weighted by Crippen LogP contribution is -2.47. The van der Waals surface area contributed by atoms with Gasteiger partial charge in [0.25, 0.3) is 0 Å². The van der Waals surface area contributed by atoms with E-state index in [9.17, 15) is 19.2 Å². The predicted molar refractivity (Wildman–Crippen MR) is 226 cm³/mol. The maximum atomic E-state index is 13.6. The molecule has 0 atom stereocenters. The summed E-state index contributed by atoms with van der Waals surface area (Å²) >= 11 is 0. The van der Waals surface area contributed by atoms with E-state index in [2.05, 4.69) is 4.90 Å². The van der Waals surface area contributed by atoms with Crippen LogP contribution in [0.4, 0.5) is 41.9 Å². The predicted octanol–water partition coefficient (Wildman–Crippen LogP) is 7.54. The molecule has 58 heavy (non-hydrogen) atoms. The molecule has 16 heteroatoms. The molecule has 0 unspecified atom stereocenters. The molecule has 2 aromatic carbocycles. The molecular weight excluding hydrogens is 748 g/mol. The third-order valence-electron chi connectivity index (χ3n) is 7.68. The van der Waals surface area contributed by atoms with Crippen LogP contribution in [0.2, 0.25) is 0 Å². The largest absolute Gasteiger partial charge is 0.508 e. The Morgan fingerprint density at radius 3 is 1.00 bits per heavy atom. The van der Waals surface area contributed by atoms with Crippen molar-refractivity contribution in [3.8, 4) is 0 Å². The molecule has 0 aliphatic rings. The third kappa shape index (κ3) is 21.0. The van der Waals surface area contributed by atoms with Gasteiger partial charge in [-0.25, -0.2) is 19.2 Å². The van der Waals surface area contributed by atoms with E-state index in [1.54, 1.807) is 141 Å². The zero-order valence-corrected chi connectivity index (χ0v) is 36.7. The third-order valence-corrected chi connectivity index (χ3v) is 7.68. The highest BCUT2D eigenvalue weighted by Gasteiger charge is 2.27. The van der Waals surface area contributed by atoms with Gasteiger partial charge in [0.15, 0.2) is 0 Å². The molecular formula is C42H68N6O10. The van der Waals surface area contributed by atoms with E-state index in [4.69, 9.17) is 39.9 Å². The first-order chi connectivity index (χ1) is 26.7. The van der Waals surface area contributed by atoms with Crippen molar-refractivity contribution in [2.45, 2.75) is 105 Å². The fourth-order valence-electron chi connectivity index (χ4n) is 5.11. The molecule has 2 amide bonds. The Balaban J connectivity index is 2.42. The van der Waals surface area contributed by atoms with E-state index in [-0.39, 0.29) is 39.4 Å². The van der Waals surface area contributed by atoms with Crippen molar-refractivity contribution in [3.63, 3.8) is 0 Å². The van der Waals surface area contributed by atoms with Gasteiger partial charge in [-0.15, -0.1) is 0 Å². The summed E-state index contributed by atoms with van der Waals surface area (Å²) in [7, 11) is 0. The summed E-state index contributed by atoms with van der Waals surface area (Å²) in [4.78, 5) is 59.1. The van der Waals surface area contributed by atoms with Crippen molar-refractivity contribution in [2.24, 2.45) is 0 Å². The first kappa shape index (κ1) is 49.2. The first-order valence-corrected chi connectivity index (χ1v) is 19.6. The van der Waals surface area contributed by atoms with Crippen LogP contribution in [-0.2, 0) is 28.4 Å². The zero-order chi connectivity index (χ0) is 43.9. The van der Waals surface area contributed by atoms with Crippen molar-refractivity contribution < 1.29 is 47.6 Å². The van der Waals surface area contributed by atoms with Crippen LogP contribution in [0.5, 0.6) is 0 Å². The van der Waals surface area contributed by atoms with E-state index >= 15 is 0 Å². The highest BCUT2D eigenvalue weighted by molar-refractivity contribution is 5.89. The average Bonchev–Trinajstić information content (AvgIpc) is 3.05. The van der Waals surface area contributed by atoms with E-state index in [0.29, 0.717) is 48.9 Å². The number of carbonyl (C=O) groups is 4. The minimum atomic E-state index is -0.797. The van der Waals surface area contributed by atoms with Crippen molar-refractivity contribution in [2.75, 3.05) is 86.8 Å². The van der Waals surface area contributed by atoms with Crippen LogP contribution in [0.1, 0.15) is 83.1 Å². The Bertz CT molecular complexity index is 1480. The maximum absolute atomic E-state index is 13.6. The standard InChI is InChI=1S/C42H68N6O10/c1-39(2,3)55-35(49)47(33-17-13-31(43)14-18-33)25-23-45(24-26-48(36(50)56-40(4,5)6)34-19-15-32(44)16-20-34)21-22-46(27-29-53-37(51)57-41(7,8)9)28-30-54-38(52)58-42(10,11)12/h13-20H,21-30,43-44H2,1-12H3. The molecule has 0 heterocycles. The fourth-order valence-corrected chi connectivity index (χ4v) is 5.11. The van der Waals surface area contributed by atoms with Gasteiger partial charge in [-0.1, -0.05) is 0 Å². The smallest absolute Gasteiger partial charge is 0.443 e. The van der Waals surface area contributed by atoms with Gasteiger partial charge in [0.05, 0.1) is 0 Å². The van der Waals surface area contributed by atoms with Crippen LogP contribution < -0.4 is 21.3 Å². The summed E-state index contributed by atoms with van der Waals surface area (Å²) in [5, 5.41) is 0. The van der Waals surface area contributed by atoms with E-state index in [1.165, 1.54) is 0 Å². The van der Waals surface area contributed by atoms with Crippen LogP contribution >= 0.6 is 0 Å². The number of rotatable bonds is 17. The van der Waals surface area contributed by atoms with Gasteiger partial charge < -0.3 is 39.9 Å². The van der Waals surface area contributed by atoms with Crippen LogP contribution in [0.3, 0.4) is 0 Å². The SMILES string of the molecule is CC(C)(C)OC(=O)OCCN(CCOC(=O)OC(C)(C)C)CCN(CCN(C(=O)OC(C)(C)C)c1ccc(N)cc1)CCN(C(=O)OC(C)(C)C)c1ccc(N)cc1. The van der Waals surface area contributed by atoms with Gasteiger partial charge in [-0.3, -0.25) is 19.6 Å². The number of hydrogen-bond donors (Lipinski definition) is 2. The molecule has 2 aromatic rings. The molecule has 0 bridgehead atoms. The number of ether oxygens (including phenoxy) is 6. The number of nitrogens with zero attached hydrogens (tertiary/aromatic N) is 4. The molecule has 16 nitrogen and oxygen atoms in total. The number of anilines is 4. The van der Waals surface area contributed by atoms with Crippen molar-refractivity contribution in [1.82, 2.24) is 9.80 Å². The normalized spacial score (nSPS) is 12.2. The van der Waals surface area contributed by atoms with E-state index < -0.39 is 46.9 Å². The van der Waals surface area contributed by atoms with Gasteiger partial charge in [0.2, 0.25) is 0 Å². The van der Waals surface area contributed by atoms with Crippen LogP contribution in [0.15, 0.2) is 48.5 Å². The first-order valence-electron chi connectivity index (χ1n) is 19.6. The summed E-state index contributed by atoms with van der Waals surface area (Å²) in [6.07, 6.45) is -2.66. The zero-order valence-electron chi connectivity index (χ0n) is 36.7. The number of hydrogen-bond acceptors (Lipinski definition) is 14. The Morgan fingerprint density at radius 1 is 0.431 bits per heavy atom. The summed E-state index contributed by atoms with van der Waals surface area (Å²) in [5.74, 6) is 0. The number of carbonyl (C=O) groups excluding carboxylic acids is 4. The quantitative estimate of drug-likeness (QED) is 0.0905. The second kappa shape index (κ2) is 21.7. The minimum Gasteiger partial charge on any atom is -0.443 e. The average molecular weight is 817 g/mol. The molecule has 0 spiro atoms. The molecule has 0 aliphatic carbocycles. The van der Waals surface area contributed by atoms with Gasteiger partial charge in [0.1, 0.15) is 35.6 Å². The highest BCUT2D eigenvalue weighted by Crippen LogP contribution is 2.22. The lowest BCUT2D eigenvalue weighted by atomic mass is 10.2. The Morgan fingerprint density at radius 2 is 0.707 bits per heavy atom. The number of nitrogens with two attached hydrogens (primary N) is 2. The number of nitrogen functional groups attached to an aromatic ring is 2. The molecule has 0 fully saturated rings. The highest BCUT2D eigenvalue weighted by atomic mass is 16.7. The lowest BCUT2D eigenvalue weighted by Gasteiger charge is -2.33. The molecule has 326 valence electrons. The van der Waals surface area contributed by atoms with E-state index in [1.807, 2.05) is 4.90 Å². The van der Waals surface area contributed by atoms with Crippen molar-refractivity contribution >= 4 is 47.2 Å². The number of amides is 2. The fraction of sp³-hybridized carbons (Fsp3) is 0.619. The summed E-state index contributed by atoms with van der Waals surface area (Å²) in [6, 6.07) is 13.9. The molecule has 0 radical (unpaired) electrons. The van der Waals surface area contributed by atoms with Crippen molar-refractivity contribution in [3.05, 3.63) is 48.5 Å². The summed E-state index contributed by atoms with van der Waals surface area (Å²) < 4.78 is 32.9. The number of benzene rings is 2. The second-order valence-electron chi connectivity index (χ2n) is 17.8. The Labute approximate surface area is 344 Å². The van der Waals surface area contributed by atoms with Gasteiger partial charge >= 0.3 is 24.5 Å². The second-order valence-corrected chi connectivity index (χ2v) is 17.8. The Hall–Kier alpha value is -4.96. The molecule has 0 saturated carbocycles. The molecule has 0 aromatic heterocycles. The monoisotopic (exact) mass is 816 g/mol. The maximum Gasteiger partial charge on any atom is 0.508 e. The minimum absolute atomic E-state index is 0.00840. The van der Waals surface area contributed by atoms with Crippen LogP contribution in [0, 0.1) is 0 Å². The van der Waals surface area contributed by atoms with Crippen LogP contribution in [-0.4, -0.2) is 122 Å². The van der Waals surface area contributed by atoms with E-state index in [0.717, 1.165) is 0 Å². The molecule has 2 rings (SSSR count). The van der Waals surface area contributed by atoms with Gasteiger partial charge in [0, 0.05) is 75.1 Å². The summed E-state index contributed by atoms with van der Waals surface area (Å²) in [6.45, 7) is 23.9. The van der Waals surface area contributed by atoms with Gasteiger partial charge in [-0.05, 0) is 132 Å². The topological polar surface area (TPSA) is 189 Å². The molecule has 0 saturated heterocycles. The van der Waals surface area contributed by atoms with Crippen LogP contribution in [0.25, 0.3) is 0 Å². The van der Waals surface area contributed by atoms with Gasteiger partial charge in [-0.2, -0.15) is 0 Å². The molecule has 4 N–H and O–H groups in total. The summed E-state index contributed by atoms with van der Waals surface area (Å²) in [5.41, 5.74) is 11.3. The molecule has 0 aliphatic heterocycles. The van der Waals surface area contributed by atoms with Crippen molar-refractivity contribution in [1.29, 1.82) is 0 Å². The Kier molecular flexibility index (Phi) is 18.4.